The zero-order chi connectivity index (χ0) is 19.2. The minimum Gasteiger partial charge on any atom is -0.497 e. The van der Waals surface area contributed by atoms with Crippen molar-refractivity contribution in [3.8, 4) is 17.2 Å². The van der Waals surface area contributed by atoms with Gasteiger partial charge in [0.05, 0.1) is 30.8 Å². The van der Waals surface area contributed by atoms with Gasteiger partial charge in [0.15, 0.2) is 0 Å². The Morgan fingerprint density at radius 3 is 2.56 bits per heavy atom. The number of carbonyl (C=O) groups is 1. The smallest absolute Gasteiger partial charge is 0.237 e. The van der Waals surface area contributed by atoms with E-state index in [4.69, 9.17) is 9.47 Å². The highest BCUT2D eigenvalue weighted by Crippen LogP contribution is 2.27. The van der Waals surface area contributed by atoms with Gasteiger partial charge in [0.25, 0.3) is 0 Å². The Kier molecular flexibility index (Phi) is 5.92. The Bertz CT molecular complexity index is 913. The summed E-state index contributed by atoms with van der Waals surface area (Å²) in [5, 5.41) is 14.7. The summed E-state index contributed by atoms with van der Waals surface area (Å²) in [5.41, 5.74) is 1.40. The topological polar surface area (TPSA) is 91.2 Å². The number of nitrogens with one attached hydrogen (secondary N) is 1. The molecule has 27 heavy (non-hydrogen) atoms. The molecule has 0 saturated carbocycles. The quantitative estimate of drug-likeness (QED) is 0.625. The molecule has 1 N–H and O–H groups in total. The number of tetrazole rings is 1. The van der Waals surface area contributed by atoms with E-state index in [1.807, 2.05) is 36.4 Å². The van der Waals surface area contributed by atoms with Crippen molar-refractivity contribution < 1.29 is 14.3 Å². The summed E-state index contributed by atoms with van der Waals surface area (Å²) in [7, 11) is 3.17. The Hall–Kier alpha value is -3.07. The monoisotopic (exact) mass is 385 g/mol. The van der Waals surface area contributed by atoms with Crippen molar-refractivity contribution in [1.29, 1.82) is 0 Å². The van der Waals surface area contributed by atoms with E-state index in [0.29, 0.717) is 16.6 Å². The molecule has 9 heteroatoms. The molecular formula is C18H19N5O3S. The lowest BCUT2D eigenvalue weighted by Crippen LogP contribution is -2.23. The molecule has 0 spiro atoms. The van der Waals surface area contributed by atoms with Gasteiger partial charge in [0.1, 0.15) is 11.5 Å². The van der Waals surface area contributed by atoms with Gasteiger partial charge >= 0.3 is 0 Å². The highest BCUT2D eigenvalue weighted by atomic mass is 32.2. The van der Waals surface area contributed by atoms with E-state index in [2.05, 4.69) is 20.8 Å². The van der Waals surface area contributed by atoms with Crippen molar-refractivity contribution in [3.63, 3.8) is 0 Å². The Labute approximate surface area is 160 Å². The second-order valence-electron chi connectivity index (χ2n) is 5.52. The molecule has 0 aliphatic heterocycles. The largest absolute Gasteiger partial charge is 0.497 e. The van der Waals surface area contributed by atoms with Gasteiger partial charge in [0, 0.05) is 0 Å². The van der Waals surface area contributed by atoms with Crippen molar-refractivity contribution in [1.82, 2.24) is 20.2 Å². The number of ether oxygens (including phenoxy) is 2. The van der Waals surface area contributed by atoms with Gasteiger partial charge in [-0.05, 0) is 53.7 Å². The summed E-state index contributed by atoms with van der Waals surface area (Å²) in [6.45, 7) is 1.79. The van der Waals surface area contributed by atoms with Crippen LogP contribution in [0.3, 0.4) is 0 Å². The fourth-order valence-corrected chi connectivity index (χ4v) is 3.14. The number of thioether (sulfide) groups is 1. The minimum atomic E-state index is -0.419. The van der Waals surface area contributed by atoms with Crippen LogP contribution in [0.25, 0.3) is 5.69 Å². The predicted molar refractivity (Wildman–Crippen MR) is 103 cm³/mol. The van der Waals surface area contributed by atoms with Crippen molar-refractivity contribution in [2.45, 2.75) is 17.3 Å². The van der Waals surface area contributed by atoms with Crippen LogP contribution in [-0.4, -0.2) is 45.6 Å². The van der Waals surface area contributed by atoms with Crippen LogP contribution in [0.1, 0.15) is 6.92 Å². The molecule has 1 atom stereocenters. The van der Waals surface area contributed by atoms with Crippen LogP contribution < -0.4 is 14.8 Å². The average molecular weight is 385 g/mol. The molecule has 0 radical (unpaired) electrons. The normalized spacial score (nSPS) is 11.7. The summed E-state index contributed by atoms with van der Waals surface area (Å²) in [4.78, 5) is 12.6. The first-order valence-corrected chi connectivity index (χ1v) is 9.03. The van der Waals surface area contributed by atoms with Gasteiger partial charge in [0.2, 0.25) is 11.1 Å². The number of hydrogen-bond donors (Lipinski definition) is 1. The van der Waals surface area contributed by atoms with Crippen LogP contribution in [0.5, 0.6) is 11.5 Å². The summed E-state index contributed by atoms with van der Waals surface area (Å²) in [6.07, 6.45) is 0. The van der Waals surface area contributed by atoms with Crippen molar-refractivity contribution in [3.05, 3.63) is 48.5 Å². The lowest BCUT2D eigenvalue weighted by molar-refractivity contribution is -0.115. The van der Waals surface area contributed by atoms with Crippen LogP contribution in [0.2, 0.25) is 0 Å². The molecular weight excluding hydrogens is 366 g/mol. The van der Waals surface area contributed by atoms with Crippen LogP contribution in [0.4, 0.5) is 5.69 Å². The molecule has 0 unspecified atom stereocenters. The lowest BCUT2D eigenvalue weighted by Gasteiger charge is -2.13. The average Bonchev–Trinajstić information content (AvgIpc) is 3.16. The molecule has 3 rings (SSSR count). The fourth-order valence-electron chi connectivity index (χ4n) is 2.33. The van der Waals surface area contributed by atoms with E-state index in [-0.39, 0.29) is 5.91 Å². The first kappa shape index (κ1) is 18.7. The molecule has 1 amide bonds. The number of benzene rings is 2. The van der Waals surface area contributed by atoms with E-state index >= 15 is 0 Å². The minimum absolute atomic E-state index is 0.172. The molecule has 0 bridgehead atoms. The highest BCUT2D eigenvalue weighted by molar-refractivity contribution is 8.00. The second-order valence-corrected chi connectivity index (χ2v) is 6.83. The van der Waals surface area contributed by atoms with E-state index in [1.165, 1.54) is 11.8 Å². The van der Waals surface area contributed by atoms with Crippen LogP contribution in [-0.2, 0) is 4.79 Å². The number of hydrogen-bond acceptors (Lipinski definition) is 7. The van der Waals surface area contributed by atoms with E-state index in [9.17, 15) is 4.79 Å². The van der Waals surface area contributed by atoms with Crippen molar-refractivity contribution >= 4 is 23.4 Å². The van der Waals surface area contributed by atoms with Gasteiger partial charge in [-0.3, -0.25) is 4.79 Å². The van der Waals surface area contributed by atoms with Crippen LogP contribution in [0, 0.1) is 0 Å². The summed E-state index contributed by atoms with van der Waals surface area (Å²) in [5.74, 6) is 1.17. The Morgan fingerprint density at radius 2 is 1.85 bits per heavy atom. The van der Waals surface area contributed by atoms with E-state index < -0.39 is 5.25 Å². The molecule has 1 aromatic heterocycles. The fraction of sp³-hybridized carbons (Fsp3) is 0.222. The maximum absolute atomic E-state index is 12.6. The maximum atomic E-state index is 12.6. The predicted octanol–water partition coefficient (Wildman–Crippen LogP) is 2.80. The first-order valence-electron chi connectivity index (χ1n) is 8.15. The van der Waals surface area contributed by atoms with Crippen LogP contribution in [0.15, 0.2) is 53.7 Å². The number of para-hydroxylation sites is 2. The molecule has 3 aromatic rings. The second kappa shape index (κ2) is 8.54. The molecule has 2 aromatic carbocycles. The number of carbonyl (C=O) groups excluding carboxylic acids is 1. The van der Waals surface area contributed by atoms with Crippen molar-refractivity contribution in [2.24, 2.45) is 0 Å². The molecule has 0 saturated heterocycles. The van der Waals surface area contributed by atoms with Gasteiger partial charge < -0.3 is 14.8 Å². The summed E-state index contributed by atoms with van der Waals surface area (Å²) in [6, 6.07) is 14.6. The van der Waals surface area contributed by atoms with Gasteiger partial charge in [-0.2, -0.15) is 4.68 Å². The molecule has 0 aliphatic carbocycles. The Morgan fingerprint density at radius 1 is 1.11 bits per heavy atom. The number of nitrogens with zero attached hydrogens (tertiary/aromatic N) is 4. The zero-order valence-electron chi connectivity index (χ0n) is 15.1. The number of anilines is 1. The number of amides is 1. The lowest BCUT2D eigenvalue weighted by atomic mass is 10.3. The van der Waals surface area contributed by atoms with Crippen molar-refractivity contribution in [2.75, 3.05) is 19.5 Å². The molecule has 0 aliphatic rings. The molecule has 140 valence electrons. The number of methoxy groups -OCH3 is 2. The van der Waals surface area contributed by atoms with E-state index in [1.54, 1.807) is 38.0 Å². The third kappa shape index (κ3) is 4.37. The van der Waals surface area contributed by atoms with Gasteiger partial charge in [-0.1, -0.05) is 23.9 Å². The third-order valence-corrected chi connectivity index (χ3v) is 4.81. The maximum Gasteiger partial charge on any atom is 0.237 e. The number of rotatable bonds is 7. The van der Waals surface area contributed by atoms with E-state index in [0.717, 1.165) is 11.4 Å². The molecule has 1 heterocycles. The standard InChI is InChI=1S/C18H19N5O3S/c1-12(17(24)19-15-6-4-5-7-16(15)26-3)27-18-20-21-22-23(18)13-8-10-14(25-2)11-9-13/h4-12H,1-3H3,(H,19,24)/t12-/m1/s1. The SMILES string of the molecule is COc1ccc(-n2nnnc2S[C@H](C)C(=O)Nc2ccccc2OC)cc1. The summed E-state index contributed by atoms with van der Waals surface area (Å²) >= 11 is 1.27. The number of aromatic nitrogens is 4. The molecule has 0 fully saturated rings. The summed E-state index contributed by atoms with van der Waals surface area (Å²) < 4.78 is 12.0. The molecule has 8 nitrogen and oxygen atoms in total. The first-order chi connectivity index (χ1) is 13.1. The Balaban J connectivity index is 1.71. The zero-order valence-corrected chi connectivity index (χ0v) is 15.9. The van der Waals surface area contributed by atoms with Gasteiger partial charge in [-0.15, -0.1) is 5.10 Å². The van der Waals surface area contributed by atoms with Gasteiger partial charge in [-0.25, -0.2) is 0 Å². The third-order valence-electron chi connectivity index (χ3n) is 3.77. The highest BCUT2D eigenvalue weighted by Gasteiger charge is 2.20. The van der Waals surface area contributed by atoms with Crippen LogP contribution >= 0.6 is 11.8 Å².